The Morgan fingerprint density at radius 3 is 2.25 bits per heavy atom. The molecule has 0 saturated heterocycles. The molecule has 0 aliphatic heterocycles. The molecule has 0 aliphatic rings. The predicted octanol–water partition coefficient (Wildman–Crippen LogP) is 7.38. The number of nitrogens with zero attached hydrogens (tertiary/aromatic N) is 1. The van der Waals surface area contributed by atoms with Gasteiger partial charge in [-0.05, 0) is 61.2 Å². The number of carbonyl (C=O) groups is 1. The van der Waals surface area contributed by atoms with Gasteiger partial charge in [0.1, 0.15) is 5.82 Å². The first-order valence-electron chi connectivity index (χ1n) is 12.4. The smallest absolute Gasteiger partial charge is 0.335 e. The van der Waals surface area contributed by atoms with Crippen LogP contribution < -0.4 is 5.32 Å². The Balaban J connectivity index is 1.54. The van der Waals surface area contributed by atoms with E-state index in [0.717, 1.165) is 36.8 Å². The van der Waals surface area contributed by atoms with E-state index in [-0.39, 0.29) is 24.3 Å². The van der Waals surface area contributed by atoms with Gasteiger partial charge in [-0.1, -0.05) is 44.0 Å². The van der Waals surface area contributed by atoms with Crippen molar-refractivity contribution in [2.75, 3.05) is 18.5 Å². The number of amides is 1. The molecule has 0 radical (unpaired) electrons. The van der Waals surface area contributed by atoms with Crippen molar-refractivity contribution < 1.29 is 27.3 Å². The third kappa shape index (κ3) is 8.70. The molecular formula is C27H34FN2O5P. The number of hydrogen-bond acceptors (Lipinski definition) is 6. The molecule has 36 heavy (non-hydrogen) atoms. The number of anilines is 1. The number of unbranched alkanes of at least 4 members (excludes halogenated alkanes) is 2. The second kappa shape index (κ2) is 14.1. The minimum absolute atomic E-state index is 0.162. The van der Waals surface area contributed by atoms with Crippen LogP contribution in [-0.2, 0) is 31.0 Å². The van der Waals surface area contributed by atoms with Crippen LogP contribution in [0.5, 0.6) is 0 Å². The van der Waals surface area contributed by atoms with Crippen LogP contribution in [0.15, 0.2) is 59.3 Å². The summed E-state index contributed by atoms with van der Waals surface area (Å²) in [4.78, 5) is 12.5. The van der Waals surface area contributed by atoms with Gasteiger partial charge in [0.2, 0.25) is 5.91 Å². The van der Waals surface area contributed by atoms with Crippen molar-refractivity contribution in [3.05, 3.63) is 71.7 Å². The molecule has 9 heteroatoms. The van der Waals surface area contributed by atoms with Gasteiger partial charge in [0.25, 0.3) is 0 Å². The number of carbonyl (C=O) groups excluding carboxylic acids is 1. The van der Waals surface area contributed by atoms with Crippen LogP contribution in [0.1, 0.15) is 57.1 Å². The second-order valence-electron chi connectivity index (χ2n) is 8.57. The molecule has 3 aromatic rings. The number of benzene rings is 2. The van der Waals surface area contributed by atoms with Gasteiger partial charge < -0.3 is 18.9 Å². The fraction of sp³-hybridized carbons (Fsp3) is 0.407. The van der Waals surface area contributed by atoms with E-state index in [0.29, 0.717) is 36.6 Å². The molecule has 2 aromatic carbocycles. The fourth-order valence-corrected chi connectivity index (χ4v) is 5.22. The fourth-order valence-electron chi connectivity index (χ4n) is 3.49. The molecule has 0 aliphatic carbocycles. The number of nitrogens with one attached hydrogen (secondary N) is 1. The maximum atomic E-state index is 13.2. The summed E-state index contributed by atoms with van der Waals surface area (Å²) in [5.74, 6) is 0.0328. The highest BCUT2D eigenvalue weighted by Gasteiger charge is 2.25. The van der Waals surface area contributed by atoms with Crippen molar-refractivity contribution in [2.24, 2.45) is 0 Å². The van der Waals surface area contributed by atoms with E-state index in [9.17, 15) is 13.8 Å². The lowest BCUT2D eigenvalue weighted by Gasteiger charge is -2.19. The molecule has 1 heterocycles. The van der Waals surface area contributed by atoms with Gasteiger partial charge in [-0.15, -0.1) is 0 Å². The minimum Gasteiger partial charge on any atom is -0.356 e. The molecule has 0 atom stereocenters. The highest BCUT2D eigenvalue weighted by Crippen LogP contribution is 2.51. The first-order valence-corrected chi connectivity index (χ1v) is 14.1. The molecule has 0 spiro atoms. The van der Waals surface area contributed by atoms with Crippen LogP contribution in [0.25, 0.3) is 11.3 Å². The number of aryl methyl sites for hydroxylation is 1. The first kappa shape index (κ1) is 27.8. The lowest BCUT2D eigenvalue weighted by molar-refractivity contribution is -0.116. The van der Waals surface area contributed by atoms with Crippen molar-refractivity contribution in [1.82, 2.24) is 5.16 Å². The van der Waals surface area contributed by atoms with E-state index >= 15 is 0 Å². The van der Waals surface area contributed by atoms with Crippen LogP contribution in [0.3, 0.4) is 0 Å². The van der Waals surface area contributed by atoms with Gasteiger partial charge >= 0.3 is 7.60 Å². The lowest BCUT2D eigenvalue weighted by atomic mass is 10.1. The Kier molecular flexibility index (Phi) is 10.9. The summed E-state index contributed by atoms with van der Waals surface area (Å²) in [6.07, 6.45) is 5.97. The molecule has 1 amide bonds. The van der Waals surface area contributed by atoms with Crippen molar-refractivity contribution in [2.45, 2.75) is 58.5 Å². The molecular weight excluding hydrogens is 482 g/mol. The molecule has 1 N–H and O–H groups in total. The summed E-state index contributed by atoms with van der Waals surface area (Å²) >= 11 is 0. The molecule has 3 rings (SSSR count). The zero-order valence-electron chi connectivity index (χ0n) is 20.9. The maximum Gasteiger partial charge on any atom is 0.335 e. The maximum absolute atomic E-state index is 13.2. The summed E-state index contributed by atoms with van der Waals surface area (Å²) in [5, 5.41) is 6.70. The molecule has 0 bridgehead atoms. The van der Waals surface area contributed by atoms with E-state index in [1.807, 2.05) is 12.1 Å². The molecule has 1 aromatic heterocycles. The van der Waals surface area contributed by atoms with E-state index in [4.69, 9.17) is 13.6 Å². The number of rotatable bonds is 15. The van der Waals surface area contributed by atoms with Crippen molar-refractivity contribution >= 4 is 19.2 Å². The Morgan fingerprint density at radius 2 is 1.64 bits per heavy atom. The van der Waals surface area contributed by atoms with Gasteiger partial charge in [-0.25, -0.2) is 4.39 Å². The van der Waals surface area contributed by atoms with Gasteiger partial charge in [-0.3, -0.25) is 9.36 Å². The zero-order valence-corrected chi connectivity index (χ0v) is 21.8. The second-order valence-corrected chi connectivity index (χ2v) is 10.6. The predicted molar refractivity (Wildman–Crippen MR) is 138 cm³/mol. The lowest BCUT2D eigenvalue weighted by Crippen LogP contribution is -2.12. The summed E-state index contributed by atoms with van der Waals surface area (Å²) in [6.45, 7) is 4.91. The highest BCUT2D eigenvalue weighted by molar-refractivity contribution is 7.53. The van der Waals surface area contributed by atoms with Crippen LogP contribution >= 0.6 is 7.60 Å². The molecule has 0 fully saturated rings. The van der Waals surface area contributed by atoms with Gasteiger partial charge in [-0.2, -0.15) is 0 Å². The van der Waals surface area contributed by atoms with E-state index in [2.05, 4.69) is 24.3 Å². The summed E-state index contributed by atoms with van der Waals surface area (Å²) in [7, 11) is -3.24. The third-order valence-electron chi connectivity index (χ3n) is 5.56. The number of halogens is 1. The van der Waals surface area contributed by atoms with Gasteiger partial charge in [0.15, 0.2) is 5.76 Å². The average Bonchev–Trinajstić information content (AvgIpc) is 3.33. The van der Waals surface area contributed by atoms with E-state index in [1.54, 1.807) is 30.5 Å². The Hall–Kier alpha value is -2.80. The zero-order chi connectivity index (χ0) is 25.8. The largest absolute Gasteiger partial charge is 0.356 e. The molecule has 194 valence electrons. The Labute approximate surface area is 211 Å². The van der Waals surface area contributed by atoms with Crippen LogP contribution in [0.4, 0.5) is 10.1 Å². The third-order valence-corrected chi connectivity index (χ3v) is 7.46. The SMILES string of the molecule is CCCCOP(=O)(Cc1ccc(NC(=O)CCc2cnoc2-c2ccc(F)cc2)cc1)OCCCC. The quantitative estimate of drug-likeness (QED) is 0.167. The number of hydrogen-bond donors (Lipinski definition) is 1. The van der Waals surface area contributed by atoms with E-state index < -0.39 is 7.60 Å². The van der Waals surface area contributed by atoms with Crippen LogP contribution in [-0.4, -0.2) is 24.3 Å². The van der Waals surface area contributed by atoms with Crippen molar-refractivity contribution in [3.63, 3.8) is 0 Å². The Morgan fingerprint density at radius 1 is 1.00 bits per heavy atom. The average molecular weight is 517 g/mol. The van der Waals surface area contributed by atoms with Gasteiger partial charge in [0, 0.05) is 23.2 Å². The summed E-state index contributed by atoms with van der Waals surface area (Å²) in [5.41, 5.74) is 2.93. The summed E-state index contributed by atoms with van der Waals surface area (Å²) < 4.78 is 43.0. The van der Waals surface area contributed by atoms with Crippen LogP contribution in [0, 0.1) is 5.82 Å². The highest BCUT2D eigenvalue weighted by atomic mass is 31.2. The minimum atomic E-state index is -3.24. The van der Waals surface area contributed by atoms with Crippen molar-refractivity contribution in [1.29, 1.82) is 0 Å². The van der Waals surface area contributed by atoms with Crippen LogP contribution in [0.2, 0.25) is 0 Å². The van der Waals surface area contributed by atoms with Crippen molar-refractivity contribution in [3.8, 4) is 11.3 Å². The molecule has 0 unspecified atom stereocenters. The number of aromatic nitrogens is 1. The Bertz CT molecular complexity index is 1120. The standard InChI is InChI=1S/C27H34FN2O5P/c1-3-5-17-33-36(32,34-18-6-4-2)20-21-7-14-25(15-8-21)30-26(31)16-11-23-19-29-35-27(23)22-9-12-24(28)13-10-22/h7-10,12-15,19H,3-6,11,16-18,20H2,1-2H3,(H,30,31). The topological polar surface area (TPSA) is 90.7 Å². The van der Waals surface area contributed by atoms with Gasteiger partial charge in [0.05, 0.1) is 25.6 Å². The summed E-state index contributed by atoms with van der Waals surface area (Å²) in [6, 6.07) is 13.1. The normalized spacial score (nSPS) is 11.5. The first-order chi connectivity index (χ1) is 17.4. The molecule has 0 saturated carbocycles. The molecule has 7 nitrogen and oxygen atoms in total. The van der Waals surface area contributed by atoms with E-state index in [1.165, 1.54) is 12.1 Å². The monoisotopic (exact) mass is 516 g/mol.